The smallest absolute Gasteiger partial charge is 0.276 e. The molecular formula is C27H38N4O4. The summed E-state index contributed by atoms with van der Waals surface area (Å²) in [6.07, 6.45) is 5.78. The number of hydrogen-bond acceptors (Lipinski definition) is 6. The molecule has 1 aliphatic heterocycles. The van der Waals surface area contributed by atoms with Gasteiger partial charge in [0.25, 0.3) is 11.8 Å². The van der Waals surface area contributed by atoms with E-state index in [9.17, 15) is 9.59 Å². The van der Waals surface area contributed by atoms with Gasteiger partial charge in [-0.2, -0.15) is 0 Å². The Kier molecular flexibility index (Phi) is 8.57. The van der Waals surface area contributed by atoms with Gasteiger partial charge in [0.2, 0.25) is 0 Å². The molecule has 2 aliphatic rings. The molecule has 1 aromatic carbocycles. The third-order valence-electron chi connectivity index (χ3n) is 7.12. The minimum Gasteiger partial charge on any atom is -0.375 e. The lowest BCUT2D eigenvalue weighted by Gasteiger charge is -2.30. The third kappa shape index (κ3) is 5.93. The fourth-order valence-electron chi connectivity index (χ4n) is 5.14. The van der Waals surface area contributed by atoms with E-state index in [4.69, 9.17) is 9.26 Å². The number of amides is 2. The molecule has 35 heavy (non-hydrogen) atoms. The van der Waals surface area contributed by atoms with E-state index in [0.29, 0.717) is 31.4 Å². The van der Waals surface area contributed by atoms with Gasteiger partial charge in [-0.1, -0.05) is 29.8 Å². The van der Waals surface area contributed by atoms with E-state index in [0.717, 1.165) is 74.2 Å². The Morgan fingerprint density at radius 2 is 1.83 bits per heavy atom. The van der Waals surface area contributed by atoms with Crippen molar-refractivity contribution in [2.75, 3.05) is 44.8 Å². The Morgan fingerprint density at radius 3 is 2.63 bits per heavy atom. The number of anilines is 1. The second kappa shape index (κ2) is 11.8. The molecular weight excluding hydrogens is 444 g/mol. The van der Waals surface area contributed by atoms with E-state index in [1.165, 1.54) is 7.11 Å². The summed E-state index contributed by atoms with van der Waals surface area (Å²) >= 11 is 0. The zero-order valence-electron chi connectivity index (χ0n) is 21.3. The summed E-state index contributed by atoms with van der Waals surface area (Å²) in [7, 11) is 1.54. The van der Waals surface area contributed by atoms with Gasteiger partial charge in [0.15, 0.2) is 5.69 Å². The Hall–Kier alpha value is -2.71. The van der Waals surface area contributed by atoms with E-state index < -0.39 is 0 Å². The Bertz CT molecular complexity index is 1020. The minimum absolute atomic E-state index is 0.0238. The molecule has 0 radical (unpaired) electrons. The molecule has 0 bridgehead atoms. The maximum atomic E-state index is 13.9. The number of nitrogens with zero attached hydrogens (tertiary/aromatic N) is 4. The van der Waals surface area contributed by atoms with Crippen LogP contribution in [0.1, 0.15) is 66.9 Å². The van der Waals surface area contributed by atoms with E-state index in [1.54, 1.807) is 0 Å². The summed E-state index contributed by atoms with van der Waals surface area (Å²) in [4.78, 5) is 33.0. The molecule has 0 atom stereocenters. The maximum absolute atomic E-state index is 13.9. The molecule has 0 saturated heterocycles. The van der Waals surface area contributed by atoms with E-state index in [-0.39, 0.29) is 18.4 Å². The number of benzene rings is 1. The Labute approximate surface area is 208 Å². The number of aryl methyl sites for hydroxylation is 1. The average molecular weight is 483 g/mol. The summed E-state index contributed by atoms with van der Waals surface area (Å²) in [6, 6.07) is 8.20. The average Bonchev–Trinajstić information content (AvgIpc) is 3.08. The van der Waals surface area contributed by atoms with Crippen molar-refractivity contribution in [2.24, 2.45) is 0 Å². The first kappa shape index (κ1) is 25.4. The van der Waals surface area contributed by atoms with Gasteiger partial charge in [0, 0.05) is 63.5 Å². The summed E-state index contributed by atoms with van der Waals surface area (Å²) in [6.45, 7) is 7.56. The molecule has 8 heteroatoms. The number of hydrogen-bond donors (Lipinski definition) is 0. The van der Waals surface area contributed by atoms with E-state index in [2.05, 4.69) is 23.9 Å². The molecule has 4 rings (SSSR count). The van der Waals surface area contributed by atoms with Gasteiger partial charge in [0.1, 0.15) is 12.4 Å². The fourth-order valence-corrected chi connectivity index (χ4v) is 5.14. The molecule has 2 heterocycles. The summed E-state index contributed by atoms with van der Waals surface area (Å²) in [5.74, 6) is 0.698. The highest BCUT2D eigenvalue weighted by molar-refractivity contribution is 5.96. The molecule has 0 N–H and O–H groups in total. The molecule has 2 aromatic rings. The molecule has 1 aromatic heterocycles. The topological polar surface area (TPSA) is 79.1 Å². The molecule has 2 amide bonds. The van der Waals surface area contributed by atoms with Crippen LogP contribution in [0.25, 0.3) is 0 Å². The second-order valence-electron chi connectivity index (χ2n) is 9.81. The number of carbonyl (C=O) groups excluding carboxylic acids is 2. The van der Waals surface area contributed by atoms with Crippen LogP contribution in [-0.2, 0) is 28.9 Å². The van der Waals surface area contributed by atoms with Crippen LogP contribution in [0.5, 0.6) is 0 Å². The lowest BCUT2D eigenvalue weighted by atomic mass is 10.1. The van der Waals surface area contributed by atoms with E-state index in [1.807, 2.05) is 34.1 Å². The van der Waals surface area contributed by atoms with Crippen molar-refractivity contribution in [3.63, 3.8) is 0 Å². The van der Waals surface area contributed by atoms with Gasteiger partial charge in [-0.15, -0.1) is 0 Å². The summed E-state index contributed by atoms with van der Waals surface area (Å²) in [5.41, 5.74) is 3.22. The molecule has 0 saturated carbocycles. The number of methoxy groups -OCH3 is 1. The van der Waals surface area contributed by atoms with Crippen LogP contribution in [0.4, 0.5) is 5.69 Å². The zero-order chi connectivity index (χ0) is 24.8. The Morgan fingerprint density at radius 1 is 1.03 bits per heavy atom. The SMILES string of the molecule is COCC(=O)N1CCCN(C(C)C)CCN(C(=O)c2noc3c2CCCCC3)Cc2ccccc21. The van der Waals surface area contributed by atoms with Crippen molar-refractivity contribution >= 4 is 17.5 Å². The predicted octanol–water partition coefficient (Wildman–Crippen LogP) is 3.68. The second-order valence-corrected chi connectivity index (χ2v) is 9.81. The monoisotopic (exact) mass is 482 g/mol. The number of rotatable bonds is 4. The summed E-state index contributed by atoms with van der Waals surface area (Å²) < 4.78 is 10.8. The third-order valence-corrected chi connectivity index (χ3v) is 7.12. The first-order chi connectivity index (χ1) is 17.0. The van der Waals surface area contributed by atoms with Crippen molar-refractivity contribution in [3.8, 4) is 0 Å². The number of para-hydroxylation sites is 1. The van der Waals surface area contributed by atoms with Crippen molar-refractivity contribution in [2.45, 2.75) is 65.0 Å². The van der Waals surface area contributed by atoms with Crippen molar-refractivity contribution in [3.05, 3.63) is 46.8 Å². The van der Waals surface area contributed by atoms with Crippen LogP contribution in [0.2, 0.25) is 0 Å². The largest absolute Gasteiger partial charge is 0.375 e. The van der Waals surface area contributed by atoms with Crippen molar-refractivity contribution in [1.82, 2.24) is 15.0 Å². The number of aromatic nitrogens is 1. The van der Waals surface area contributed by atoms with Gasteiger partial charge in [-0.25, -0.2) is 0 Å². The zero-order valence-corrected chi connectivity index (χ0v) is 21.3. The molecule has 0 spiro atoms. The fraction of sp³-hybridized carbons (Fsp3) is 0.593. The lowest BCUT2D eigenvalue weighted by molar-refractivity contribution is -0.122. The van der Waals surface area contributed by atoms with Crippen LogP contribution in [0, 0.1) is 0 Å². The highest BCUT2D eigenvalue weighted by Gasteiger charge is 2.29. The van der Waals surface area contributed by atoms with Crippen LogP contribution in [0.15, 0.2) is 28.8 Å². The van der Waals surface area contributed by atoms with Crippen molar-refractivity contribution in [1.29, 1.82) is 0 Å². The normalized spacial score (nSPS) is 17.9. The quantitative estimate of drug-likeness (QED) is 0.619. The van der Waals surface area contributed by atoms with Crippen LogP contribution in [0.3, 0.4) is 0 Å². The highest BCUT2D eigenvalue weighted by Crippen LogP contribution is 2.27. The van der Waals surface area contributed by atoms with Gasteiger partial charge >= 0.3 is 0 Å². The molecule has 8 nitrogen and oxygen atoms in total. The van der Waals surface area contributed by atoms with Gasteiger partial charge < -0.3 is 19.1 Å². The first-order valence-electron chi connectivity index (χ1n) is 12.9. The van der Waals surface area contributed by atoms with Gasteiger partial charge in [-0.05, 0) is 51.2 Å². The standard InChI is InChI=1S/C27H38N4O4/c1-20(2)29-14-9-15-31(25(32)19-34-3)23-12-8-7-10-21(23)18-30(17-16-29)27(33)26-22-11-5-4-6-13-24(22)35-28-26/h7-8,10,12,20H,4-6,9,11,13-19H2,1-3H3. The first-order valence-corrected chi connectivity index (χ1v) is 12.9. The summed E-state index contributed by atoms with van der Waals surface area (Å²) in [5, 5.41) is 4.25. The highest BCUT2D eigenvalue weighted by atomic mass is 16.5. The predicted molar refractivity (Wildman–Crippen MR) is 134 cm³/mol. The number of fused-ring (bicyclic) bond motifs is 2. The van der Waals surface area contributed by atoms with Crippen LogP contribution in [-0.4, -0.2) is 72.7 Å². The molecule has 0 unspecified atom stereocenters. The van der Waals surface area contributed by atoms with Gasteiger partial charge in [0.05, 0.1) is 0 Å². The lowest BCUT2D eigenvalue weighted by Crippen LogP contribution is -2.41. The molecule has 190 valence electrons. The van der Waals surface area contributed by atoms with Crippen LogP contribution >= 0.6 is 0 Å². The maximum Gasteiger partial charge on any atom is 0.276 e. The molecule has 0 fully saturated rings. The number of ether oxygens (including phenoxy) is 1. The minimum atomic E-state index is -0.0931. The van der Waals surface area contributed by atoms with Crippen molar-refractivity contribution < 1.29 is 18.8 Å². The number of carbonyl (C=O) groups is 2. The van der Waals surface area contributed by atoms with E-state index >= 15 is 0 Å². The Balaban J connectivity index is 1.69. The van der Waals surface area contributed by atoms with Gasteiger partial charge in [-0.3, -0.25) is 14.5 Å². The van der Waals surface area contributed by atoms with Crippen LogP contribution < -0.4 is 4.90 Å². The molecule has 1 aliphatic carbocycles.